The van der Waals surface area contributed by atoms with Crippen LogP contribution in [0.2, 0.25) is 0 Å². The number of rotatable bonds is 7. The van der Waals surface area contributed by atoms with Crippen molar-refractivity contribution in [3.05, 3.63) is 77.3 Å². The third-order valence-electron chi connectivity index (χ3n) is 7.59. The van der Waals surface area contributed by atoms with Crippen LogP contribution in [0.15, 0.2) is 66.2 Å². The molecule has 0 saturated heterocycles. The minimum Gasteiger partial charge on any atom is -0.497 e. The minimum atomic E-state index is -0.748. The highest BCUT2D eigenvalue weighted by atomic mass is 32.1. The molecule has 192 valence electrons. The van der Waals surface area contributed by atoms with E-state index in [9.17, 15) is 4.79 Å². The number of aromatic amines is 1. The summed E-state index contributed by atoms with van der Waals surface area (Å²) in [5.74, 6) is 2.00. The number of carbonyl (C=O) groups excluding carboxylic acids is 1. The highest BCUT2D eigenvalue weighted by Crippen LogP contribution is 2.48. The first-order valence-electron chi connectivity index (χ1n) is 12.2. The zero-order chi connectivity index (χ0) is 26.4. The van der Waals surface area contributed by atoms with E-state index < -0.39 is 5.41 Å². The summed E-state index contributed by atoms with van der Waals surface area (Å²) in [6, 6.07) is 17.8. The van der Waals surface area contributed by atoms with E-state index in [0.717, 1.165) is 49.7 Å². The number of benzene rings is 3. The van der Waals surface area contributed by atoms with Gasteiger partial charge in [0.15, 0.2) is 5.82 Å². The molecule has 1 amide bonds. The lowest BCUT2D eigenvalue weighted by molar-refractivity contribution is -0.120. The average molecular weight is 526 g/mol. The third-order valence-corrected chi connectivity index (χ3v) is 8.41. The molecule has 38 heavy (non-hydrogen) atoms. The van der Waals surface area contributed by atoms with Gasteiger partial charge < -0.3 is 20.1 Å². The van der Waals surface area contributed by atoms with Crippen LogP contribution in [0.3, 0.4) is 0 Å². The smallest absolute Gasteiger partial charge is 0.235 e. The van der Waals surface area contributed by atoms with Crippen LogP contribution in [0.25, 0.3) is 21.5 Å². The molecule has 0 saturated carbocycles. The van der Waals surface area contributed by atoms with Crippen LogP contribution >= 0.6 is 11.3 Å². The van der Waals surface area contributed by atoms with Crippen molar-refractivity contribution in [3.63, 3.8) is 0 Å². The predicted molar refractivity (Wildman–Crippen MR) is 151 cm³/mol. The van der Waals surface area contributed by atoms with E-state index in [1.165, 1.54) is 0 Å². The summed E-state index contributed by atoms with van der Waals surface area (Å²) in [5.41, 5.74) is 4.72. The van der Waals surface area contributed by atoms with E-state index in [-0.39, 0.29) is 11.8 Å². The van der Waals surface area contributed by atoms with Gasteiger partial charge in [0.2, 0.25) is 5.91 Å². The van der Waals surface area contributed by atoms with Crippen LogP contribution in [-0.4, -0.2) is 35.3 Å². The SMILES string of the molecule is COc1ccc2c(c1)[C@@](C)([C@@H](C)c1ccc3c(Nc4cc(-c5nccs5)ccc4OC)n[nH]c3c1)C(=O)N2. The van der Waals surface area contributed by atoms with Crippen molar-refractivity contribution in [2.45, 2.75) is 25.2 Å². The molecule has 8 nitrogen and oxygen atoms in total. The number of hydrogen-bond acceptors (Lipinski definition) is 7. The van der Waals surface area contributed by atoms with Gasteiger partial charge in [-0.1, -0.05) is 13.0 Å². The van der Waals surface area contributed by atoms with Crippen LogP contribution in [-0.2, 0) is 10.2 Å². The summed E-state index contributed by atoms with van der Waals surface area (Å²) in [4.78, 5) is 17.6. The van der Waals surface area contributed by atoms with Gasteiger partial charge in [0.1, 0.15) is 16.5 Å². The van der Waals surface area contributed by atoms with Crippen molar-refractivity contribution in [1.29, 1.82) is 0 Å². The zero-order valence-electron chi connectivity index (χ0n) is 21.5. The van der Waals surface area contributed by atoms with Crippen LogP contribution in [0.1, 0.15) is 30.9 Å². The largest absolute Gasteiger partial charge is 0.497 e. The number of methoxy groups -OCH3 is 2. The Kier molecular flexibility index (Phi) is 5.80. The normalized spacial score (nSPS) is 17.2. The van der Waals surface area contributed by atoms with Crippen LogP contribution in [0.4, 0.5) is 17.2 Å². The zero-order valence-corrected chi connectivity index (χ0v) is 22.3. The van der Waals surface area contributed by atoms with Gasteiger partial charge in [0.25, 0.3) is 0 Å². The Morgan fingerprint density at radius 1 is 1.05 bits per heavy atom. The lowest BCUT2D eigenvalue weighted by atomic mass is 9.70. The molecule has 3 heterocycles. The Morgan fingerprint density at radius 2 is 1.92 bits per heavy atom. The number of carbonyl (C=O) groups is 1. The first kappa shape index (κ1) is 24.0. The van der Waals surface area contributed by atoms with E-state index in [1.54, 1.807) is 31.8 Å². The summed E-state index contributed by atoms with van der Waals surface area (Å²) in [5, 5.41) is 18.0. The van der Waals surface area contributed by atoms with Gasteiger partial charge in [-0.25, -0.2) is 4.98 Å². The number of aromatic nitrogens is 3. The fourth-order valence-corrected chi connectivity index (χ4v) is 5.80. The molecular weight excluding hydrogens is 498 g/mol. The molecule has 0 aliphatic carbocycles. The van der Waals surface area contributed by atoms with Gasteiger partial charge in [0, 0.05) is 28.2 Å². The molecule has 2 aromatic heterocycles. The lowest BCUT2D eigenvalue weighted by Gasteiger charge is -2.30. The van der Waals surface area contributed by atoms with Crippen molar-refractivity contribution in [2.24, 2.45) is 0 Å². The van der Waals surface area contributed by atoms with E-state index in [0.29, 0.717) is 11.6 Å². The number of anilines is 3. The highest BCUT2D eigenvalue weighted by Gasteiger charge is 2.47. The molecule has 2 atom stereocenters. The number of nitrogens with one attached hydrogen (secondary N) is 3. The van der Waals surface area contributed by atoms with Crippen LogP contribution in [0, 0.1) is 0 Å². The van der Waals surface area contributed by atoms with Gasteiger partial charge in [-0.2, -0.15) is 5.10 Å². The Hall–Kier alpha value is -4.37. The van der Waals surface area contributed by atoms with Crippen molar-refractivity contribution >= 4 is 45.3 Å². The molecule has 6 rings (SSSR count). The Morgan fingerprint density at radius 3 is 2.68 bits per heavy atom. The fourth-order valence-electron chi connectivity index (χ4n) is 5.16. The molecule has 3 N–H and O–H groups in total. The topological polar surface area (TPSA) is 101 Å². The van der Waals surface area contributed by atoms with E-state index in [1.807, 2.05) is 54.8 Å². The van der Waals surface area contributed by atoms with Gasteiger partial charge in [-0.05, 0) is 72.5 Å². The van der Waals surface area contributed by atoms with Crippen LogP contribution < -0.4 is 20.1 Å². The lowest BCUT2D eigenvalue weighted by Crippen LogP contribution is -2.36. The molecule has 3 aromatic carbocycles. The second-order valence-corrected chi connectivity index (χ2v) is 10.4. The van der Waals surface area contributed by atoms with Crippen LogP contribution in [0.5, 0.6) is 11.5 Å². The Balaban J connectivity index is 1.33. The van der Waals surface area contributed by atoms with E-state index in [4.69, 9.17) is 9.47 Å². The number of fused-ring (bicyclic) bond motifs is 2. The van der Waals surface area contributed by atoms with E-state index in [2.05, 4.69) is 44.9 Å². The van der Waals surface area contributed by atoms with Crippen molar-refractivity contribution in [3.8, 4) is 22.1 Å². The standard InChI is InChI=1S/C29H27N5O3S/c1-16(29(2)21-15-19(36-3)7-9-22(21)32-28(29)35)17-5-8-20-23(13-17)33-34-26(20)31-24-14-18(6-10-25(24)37-4)27-30-11-12-38-27/h5-16H,1-4H3,(H,32,35)(H2,31,33,34)/t16-,29+/m0/s1. The molecule has 1 aliphatic rings. The number of ether oxygens (including phenoxy) is 2. The van der Waals surface area contributed by atoms with E-state index >= 15 is 0 Å². The maximum absolute atomic E-state index is 13.2. The number of nitrogens with zero attached hydrogens (tertiary/aromatic N) is 2. The molecule has 9 heteroatoms. The van der Waals surface area contributed by atoms with Gasteiger partial charge >= 0.3 is 0 Å². The second-order valence-electron chi connectivity index (χ2n) is 9.54. The summed E-state index contributed by atoms with van der Waals surface area (Å²) in [6.07, 6.45) is 1.79. The molecule has 5 aromatic rings. The third kappa shape index (κ3) is 3.78. The number of hydrogen-bond donors (Lipinski definition) is 3. The van der Waals surface area contributed by atoms with Gasteiger partial charge in [0.05, 0.1) is 30.8 Å². The monoisotopic (exact) mass is 525 g/mol. The van der Waals surface area contributed by atoms with Gasteiger partial charge in [-0.15, -0.1) is 11.3 Å². The molecular formula is C29H27N5O3S. The second kappa shape index (κ2) is 9.18. The molecule has 0 unspecified atom stereocenters. The van der Waals surface area contributed by atoms with Gasteiger partial charge in [-0.3, -0.25) is 9.89 Å². The first-order chi connectivity index (χ1) is 18.4. The average Bonchev–Trinajstić information content (AvgIpc) is 3.67. The number of amides is 1. The number of H-pyrrole nitrogens is 1. The van der Waals surface area contributed by atoms with Crippen molar-refractivity contribution in [2.75, 3.05) is 24.9 Å². The quantitative estimate of drug-likeness (QED) is 0.225. The summed E-state index contributed by atoms with van der Waals surface area (Å²) < 4.78 is 11.0. The molecule has 0 radical (unpaired) electrons. The molecule has 0 spiro atoms. The maximum atomic E-state index is 13.2. The molecule has 0 bridgehead atoms. The Labute approximate surface area is 224 Å². The van der Waals surface area contributed by atoms with Crippen molar-refractivity contribution < 1.29 is 14.3 Å². The number of thiazole rings is 1. The Bertz CT molecular complexity index is 1660. The molecule has 1 aliphatic heterocycles. The summed E-state index contributed by atoms with van der Waals surface area (Å²) in [6.45, 7) is 4.07. The van der Waals surface area contributed by atoms with Crippen molar-refractivity contribution in [1.82, 2.24) is 15.2 Å². The fraction of sp³-hybridized carbons (Fsp3) is 0.207. The minimum absolute atomic E-state index is 0.0208. The molecule has 0 fully saturated rings. The maximum Gasteiger partial charge on any atom is 0.235 e. The highest BCUT2D eigenvalue weighted by molar-refractivity contribution is 7.13. The predicted octanol–water partition coefficient (Wildman–Crippen LogP) is 6.46. The first-order valence-corrected chi connectivity index (χ1v) is 13.1. The summed E-state index contributed by atoms with van der Waals surface area (Å²) >= 11 is 1.58. The summed E-state index contributed by atoms with van der Waals surface area (Å²) in [7, 11) is 3.28.